The van der Waals surface area contributed by atoms with Gasteiger partial charge in [-0.2, -0.15) is 0 Å². The van der Waals surface area contributed by atoms with E-state index >= 15 is 0 Å². The summed E-state index contributed by atoms with van der Waals surface area (Å²) in [7, 11) is 0. The standard InChI is InChI=1S/C22H35NO5S/c24-16(15-29-17-8-4-3-5-9-17)12-13-18-19(21(25)14-20(18)23-28)10-6-1-2-7-11-22(26)27/h3-5,8-9,16,18-21,23-25,28H,1-2,6-7,10-15H2,(H,26,27)/t16?,18-,19-,20?,21+/m1/s1. The molecule has 0 bridgehead atoms. The van der Waals surface area contributed by atoms with E-state index in [0.29, 0.717) is 25.0 Å². The fourth-order valence-electron chi connectivity index (χ4n) is 4.35. The lowest BCUT2D eigenvalue weighted by Gasteiger charge is -2.26. The molecule has 0 saturated heterocycles. The number of unbranched alkanes of at least 4 members (excludes halogenated alkanes) is 3. The van der Waals surface area contributed by atoms with E-state index in [1.165, 1.54) is 0 Å². The third kappa shape index (κ3) is 8.64. The minimum absolute atomic E-state index is 0.105. The van der Waals surface area contributed by atoms with Crippen LogP contribution in [0.25, 0.3) is 0 Å². The van der Waals surface area contributed by atoms with Crippen LogP contribution in [-0.4, -0.2) is 50.5 Å². The van der Waals surface area contributed by atoms with Crippen molar-refractivity contribution in [3.63, 3.8) is 0 Å². The molecule has 7 heteroatoms. The Morgan fingerprint density at radius 2 is 1.83 bits per heavy atom. The fraction of sp³-hybridized carbons (Fsp3) is 0.682. The van der Waals surface area contributed by atoms with E-state index in [9.17, 15) is 20.2 Å². The number of aliphatic hydroxyl groups is 2. The molecule has 164 valence electrons. The van der Waals surface area contributed by atoms with Crippen LogP contribution in [-0.2, 0) is 4.79 Å². The summed E-state index contributed by atoms with van der Waals surface area (Å²) < 4.78 is 0. The van der Waals surface area contributed by atoms with Crippen molar-refractivity contribution in [2.45, 2.75) is 80.9 Å². The van der Waals surface area contributed by atoms with Gasteiger partial charge in [0.25, 0.3) is 0 Å². The molecule has 0 amide bonds. The minimum Gasteiger partial charge on any atom is -0.481 e. The van der Waals surface area contributed by atoms with Crippen molar-refractivity contribution in [1.29, 1.82) is 0 Å². The van der Waals surface area contributed by atoms with Crippen LogP contribution in [0.5, 0.6) is 0 Å². The van der Waals surface area contributed by atoms with Crippen molar-refractivity contribution in [3.05, 3.63) is 30.3 Å². The highest BCUT2D eigenvalue weighted by molar-refractivity contribution is 7.99. The smallest absolute Gasteiger partial charge is 0.303 e. The van der Waals surface area contributed by atoms with Gasteiger partial charge in [0.1, 0.15) is 0 Å². The minimum atomic E-state index is -0.753. The number of hydrogen-bond donors (Lipinski definition) is 5. The van der Waals surface area contributed by atoms with E-state index in [1.807, 2.05) is 30.3 Å². The second kappa shape index (κ2) is 13.2. The van der Waals surface area contributed by atoms with Crippen LogP contribution < -0.4 is 5.48 Å². The number of aliphatic carboxylic acids is 1. The summed E-state index contributed by atoms with van der Waals surface area (Å²) in [5.74, 6) is 0.112. The van der Waals surface area contributed by atoms with Gasteiger partial charge in [0, 0.05) is 23.1 Å². The molecule has 6 nitrogen and oxygen atoms in total. The van der Waals surface area contributed by atoms with Gasteiger partial charge in [-0.05, 0) is 56.1 Å². The van der Waals surface area contributed by atoms with Crippen LogP contribution in [0.2, 0.25) is 0 Å². The Hall–Kier alpha value is -1.12. The van der Waals surface area contributed by atoms with E-state index in [2.05, 4.69) is 5.48 Å². The monoisotopic (exact) mass is 425 g/mol. The van der Waals surface area contributed by atoms with Crippen molar-refractivity contribution >= 4 is 17.7 Å². The molecule has 5 N–H and O–H groups in total. The highest BCUT2D eigenvalue weighted by Crippen LogP contribution is 2.39. The fourth-order valence-corrected chi connectivity index (χ4v) is 5.25. The number of carboxylic acids is 1. The maximum atomic E-state index is 10.6. The maximum Gasteiger partial charge on any atom is 0.303 e. The van der Waals surface area contributed by atoms with Gasteiger partial charge in [0.05, 0.1) is 12.2 Å². The summed E-state index contributed by atoms with van der Waals surface area (Å²) in [5.41, 5.74) is 2.37. The summed E-state index contributed by atoms with van der Waals surface area (Å²) in [6.45, 7) is 0. The number of hydroxylamine groups is 1. The quantitative estimate of drug-likeness (QED) is 0.176. The largest absolute Gasteiger partial charge is 0.481 e. The highest BCUT2D eigenvalue weighted by atomic mass is 32.2. The predicted octanol–water partition coefficient (Wildman–Crippen LogP) is 3.69. The lowest BCUT2D eigenvalue weighted by Crippen LogP contribution is -2.32. The molecule has 0 spiro atoms. The van der Waals surface area contributed by atoms with E-state index in [-0.39, 0.29) is 24.3 Å². The Morgan fingerprint density at radius 3 is 2.52 bits per heavy atom. The number of aliphatic hydroxyl groups excluding tert-OH is 2. The molecule has 1 aliphatic carbocycles. The Morgan fingerprint density at radius 1 is 1.10 bits per heavy atom. The molecular weight excluding hydrogens is 390 g/mol. The molecule has 2 rings (SSSR count). The van der Waals surface area contributed by atoms with Gasteiger partial charge in [-0.15, -0.1) is 11.8 Å². The topological polar surface area (TPSA) is 110 Å². The molecule has 0 aliphatic heterocycles. The molecule has 0 radical (unpaired) electrons. The maximum absolute atomic E-state index is 10.6. The van der Waals surface area contributed by atoms with Crippen LogP contribution in [0.1, 0.15) is 57.8 Å². The zero-order valence-electron chi connectivity index (χ0n) is 16.9. The molecular formula is C22H35NO5S. The van der Waals surface area contributed by atoms with Gasteiger partial charge < -0.3 is 20.5 Å². The average molecular weight is 426 g/mol. The second-order valence-corrected chi connectivity index (χ2v) is 9.16. The molecule has 1 aliphatic rings. The first-order chi connectivity index (χ1) is 14.0. The first-order valence-electron chi connectivity index (χ1n) is 10.7. The first kappa shape index (κ1) is 24.2. The molecule has 1 aromatic carbocycles. The molecule has 1 fully saturated rings. The van der Waals surface area contributed by atoms with Crippen molar-refractivity contribution < 1.29 is 25.3 Å². The Bertz CT molecular complexity index is 588. The summed E-state index contributed by atoms with van der Waals surface area (Å²) in [6, 6.07) is 9.86. The SMILES string of the molecule is O=C(O)CCCCCC[C@H]1[C@@H](O)CC(NO)[C@@H]1CCC(O)CSc1ccccc1. The van der Waals surface area contributed by atoms with Crippen molar-refractivity contribution in [1.82, 2.24) is 5.48 Å². The van der Waals surface area contributed by atoms with Gasteiger partial charge in [-0.3, -0.25) is 4.79 Å². The zero-order chi connectivity index (χ0) is 21.1. The predicted molar refractivity (Wildman–Crippen MR) is 114 cm³/mol. The number of carboxylic acid groups (broad SMARTS) is 1. The van der Waals surface area contributed by atoms with Crippen molar-refractivity contribution in [3.8, 4) is 0 Å². The molecule has 29 heavy (non-hydrogen) atoms. The number of rotatable bonds is 14. The lowest BCUT2D eigenvalue weighted by atomic mass is 9.84. The Labute approximate surface area is 177 Å². The van der Waals surface area contributed by atoms with Crippen molar-refractivity contribution in [2.24, 2.45) is 11.8 Å². The number of nitrogens with one attached hydrogen (secondary N) is 1. The van der Waals surface area contributed by atoms with Gasteiger partial charge >= 0.3 is 5.97 Å². The summed E-state index contributed by atoms with van der Waals surface area (Å²) in [5, 5.41) is 39.0. The van der Waals surface area contributed by atoms with E-state index < -0.39 is 18.2 Å². The van der Waals surface area contributed by atoms with Gasteiger partial charge in [-0.25, -0.2) is 5.48 Å². The summed E-state index contributed by atoms with van der Waals surface area (Å²) >= 11 is 1.64. The van der Waals surface area contributed by atoms with Crippen LogP contribution in [0.15, 0.2) is 35.2 Å². The number of carbonyl (C=O) groups is 1. The van der Waals surface area contributed by atoms with E-state index in [4.69, 9.17) is 5.11 Å². The van der Waals surface area contributed by atoms with Gasteiger partial charge in [-0.1, -0.05) is 37.5 Å². The molecule has 2 unspecified atom stereocenters. The Kier molecular flexibility index (Phi) is 11.0. The molecule has 1 saturated carbocycles. The normalized spacial score (nSPS) is 25.2. The zero-order valence-corrected chi connectivity index (χ0v) is 17.8. The molecule has 0 heterocycles. The highest BCUT2D eigenvalue weighted by Gasteiger charge is 2.41. The second-order valence-electron chi connectivity index (χ2n) is 8.07. The molecule has 1 aromatic rings. The van der Waals surface area contributed by atoms with E-state index in [1.54, 1.807) is 11.8 Å². The third-order valence-corrected chi connectivity index (χ3v) is 7.08. The number of hydrogen-bond acceptors (Lipinski definition) is 6. The lowest BCUT2D eigenvalue weighted by molar-refractivity contribution is -0.137. The van der Waals surface area contributed by atoms with Gasteiger partial charge in [0.2, 0.25) is 0 Å². The molecule has 0 aromatic heterocycles. The Balaban J connectivity index is 1.74. The van der Waals surface area contributed by atoms with Crippen LogP contribution >= 0.6 is 11.8 Å². The number of thioether (sulfide) groups is 1. The van der Waals surface area contributed by atoms with Crippen LogP contribution in [0, 0.1) is 11.8 Å². The molecule has 5 atom stereocenters. The summed E-state index contributed by atoms with van der Waals surface area (Å²) in [6.07, 6.45) is 5.62. The first-order valence-corrected chi connectivity index (χ1v) is 11.6. The van der Waals surface area contributed by atoms with Crippen LogP contribution in [0.3, 0.4) is 0 Å². The average Bonchev–Trinajstić information content (AvgIpc) is 3.02. The summed E-state index contributed by atoms with van der Waals surface area (Å²) in [4.78, 5) is 11.7. The third-order valence-electron chi connectivity index (χ3n) is 5.92. The van der Waals surface area contributed by atoms with Crippen molar-refractivity contribution in [2.75, 3.05) is 5.75 Å². The van der Waals surface area contributed by atoms with Gasteiger partial charge in [0.15, 0.2) is 0 Å². The number of benzene rings is 1. The van der Waals surface area contributed by atoms with Crippen LogP contribution in [0.4, 0.5) is 0 Å². The van der Waals surface area contributed by atoms with E-state index in [0.717, 1.165) is 37.0 Å².